The fourth-order valence-electron chi connectivity index (χ4n) is 2.53. The number of aliphatic hydroxyl groups excluding tert-OH is 1. The standard InChI is InChI=1S/C16H22O2/c1-2-3-4-5-6-10-15(17)14-12-18-16-11-8-7-9-13(14)16/h2,7-9,11,14-15,17H,1,3-6,10,12H2. The first kappa shape index (κ1) is 13.2. The van der Waals surface area contributed by atoms with Crippen LogP contribution in [-0.2, 0) is 0 Å². The minimum absolute atomic E-state index is 0.153. The highest BCUT2D eigenvalue weighted by Crippen LogP contribution is 2.36. The maximum atomic E-state index is 10.3. The van der Waals surface area contributed by atoms with Gasteiger partial charge in [0.2, 0.25) is 0 Å². The maximum Gasteiger partial charge on any atom is 0.123 e. The van der Waals surface area contributed by atoms with E-state index in [-0.39, 0.29) is 12.0 Å². The number of fused-ring (bicyclic) bond motifs is 1. The van der Waals surface area contributed by atoms with Crippen molar-refractivity contribution in [1.82, 2.24) is 0 Å². The van der Waals surface area contributed by atoms with Gasteiger partial charge in [0.1, 0.15) is 5.75 Å². The number of hydrogen-bond donors (Lipinski definition) is 1. The van der Waals surface area contributed by atoms with Crippen molar-refractivity contribution < 1.29 is 9.84 Å². The van der Waals surface area contributed by atoms with Crippen LogP contribution in [0.2, 0.25) is 0 Å². The summed E-state index contributed by atoms with van der Waals surface area (Å²) in [5.74, 6) is 1.09. The molecular weight excluding hydrogens is 224 g/mol. The Kier molecular flexibility index (Phi) is 4.82. The van der Waals surface area contributed by atoms with E-state index in [2.05, 4.69) is 12.6 Å². The average Bonchev–Trinajstić information content (AvgIpc) is 2.82. The molecule has 98 valence electrons. The maximum absolute atomic E-state index is 10.3. The van der Waals surface area contributed by atoms with Gasteiger partial charge in [0.05, 0.1) is 12.7 Å². The third-order valence-corrected chi connectivity index (χ3v) is 3.61. The Morgan fingerprint density at radius 3 is 3.00 bits per heavy atom. The summed E-state index contributed by atoms with van der Waals surface area (Å²) < 4.78 is 5.60. The van der Waals surface area contributed by atoms with Crippen molar-refractivity contribution in [3.63, 3.8) is 0 Å². The Morgan fingerprint density at radius 1 is 1.33 bits per heavy atom. The third-order valence-electron chi connectivity index (χ3n) is 3.61. The molecule has 1 aliphatic heterocycles. The zero-order valence-corrected chi connectivity index (χ0v) is 10.8. The number of allylic oxidation sites excluding steroid dienone is 1. The summed E-state index contributed by atoms with van der Waals surface area (Å²) in [7, 11) is 0. The van der Waals surface area contributed by atoms with Crippen molar-refractivity contribution in [2.45, 2.75) is 44.1 Å². The second-order valence-electron chi connectivity index (χ2n) is 4.95. The summed E-state index contributed by atoms with van der Waals surface area (Å²) in [5, 5.41) is 10.3. The molecule has 1 heterocycles. The van der Waals surface area contributed by atoms with Gasteiger partial charge in [-0.3, -0.25) is 0 Å². The van der Waals surface area contributed by atoms with E-state index in [1.165, 1.54) is 6.42 Å². The van der Waals surface area contributed by atoms with Gasteiger partial charge in [-0.05, 0) is 25.3 Å². The minimum Gasteiger partial charge on any atom is -0.493 e. The van der Waals surface area contributed by atoms with E-state index >= 15 is 0 Å². The van der Waals surface area contributed by atoms with E-state index in [4.69, 9.17) is 4.74 Å². The zero-order chi connectivity index (χ0) is 12.8. The Bertz CT molecular complexity index is 386. The monoisotopic (exact) mass is 246 g/mol. The summed E-state index contributed by atoms with van der Waals surface area (Å²) >= 11 is 0. The van der Waals surface area contributed by atoms with Crippen LogP contribution in [0.25, 0.3) is 0 Å². The molecule has 1 N–H and O–H groups in total. The van der Waals surface area contributed by atoms with Gasteiger partial charge in [-0.1, -0.05) is 37.1 Å². The van der Waals surface area contributed by atoms with Crippen molar-refractivity contribution in [3.8, 4) is 5.75 Å². The number of para-hydroxylation sites is 1. The second kappa shape index (κ2) is 6.60. The van der Waals surface area contributed by atoms with Gasteiger partial charge in [0.15, 0.2) is 0 Å². The largest absolute Gasteiger partial charge is 0.493 e. The fourth-order valence-corrected chi connectivity index (χ4v) is 2.53. The first-order valence-corrected chi connectivity index (χ1v) is 6.83. The predicted octanol–water partition coefficient (Wildman–Crippen LogP) is 3.66. The average molecular weight is 246 g/mol. The van der Waals surface area contributed by atoms with E-state index in [0.717, 1.165) is 37.0 Å². The molecule has 2 nitrogen and oxygen atoms in total. The van der Waals surface area contributed by atoms with E-state index < -0.39 is 0 Å². The molecule has 0 aromatic heterocycles. The molecule has 0 fully saturated rings. The van der Waals surface area contributed by atoms with Crippen LogP contribution in [0.1, 0.15) is 43.6 Å². The van der Waals surface area contributed by atoms with Crippen molar-refractivity contribution in [1.29, 1.82) is 0 Å². The van der Waals surface area contributed by atoms with Crippen LogP contribution in [0.4, 0.5) is 0 Å². The van der Waals surface area contributed by atoms with E-state index in [1.54, 1.807) is 0 Å². The molecule has 2 atom stereocenters. The van der Waals surface area contributed by atoms with Crippen LogP contribution < -0.4 is 4.74 Å². The van der Waals surface area contributed by atoms with Gasteiger partial charge >= 0.3 is 0 Å². The van der Waals surface area contributed by atoms with Gasteiger partial charge < -0.3 is 9.84 Å². The van der Waals surface area contributed by atoms with Gasteiger partial charge in [0, 0.05) is 11.5 Å². The number of aliphatic hydroxyl groups is 1. The van der Waals surface area contributed by atoms with Gasteiger partial charge in [-0.15, -0.1) is 6.58 Å². The highest BCUT2D eigenvalue weighted by molar-refractivity contribution is 5.40. The van der Waals surface area contributed by atoms with Crippen molar-refractivity contribution >= 4 is 0 Å². The van der Waals surface area contributed by atoms with E-state index in [0.29, 0.717) is 6.61 Å². The lowest BCUT2D eigenvalue weighted by molar-refractivity contribution is 0.117. The molecule has 1 aromatic carbocycles. The zero-order valence-electron chi connectivity index (χ0n) is 10.8. The summed E-state index contributed by atoms with van der Waals surface area (Å²) in [5.41, 5.74) is 1.16. The van der Waals surface area contributed by atoms with Crippen molar-refractivity contribution in [2.75, 3.05) is 6.61 Å². The van der Waals surface area contributed by atoms with Crippen LogP contribution in [0.5, 0.6) is 5.75 Å². The molecule has 0 spiro atoms. The summed E-state index contributed by atoms with van der Waals surface area (Å²) in [6.07, 6.45) is 7.03. The van der Waals surface area contributed by atoms with E-state index in [1.807, 2.05) is 24.3 Å². The van der Waals surface area contributed by atoms with Crippen LogP contribution in [0.15, 0.2) is 36.9 Å². The quantitative estimate of drug-likeness (QED) is 0.587. The Labute approximate surface area is 109 Å². The lowest BCUT2D eigenvalue weighted by atomic mass is 9.92. The molecule has 1 aromatic rings. The summed E-state index contributed by atoms with van der Waals surface area (Å²) in [6, 6.07) is 8.03. The first-order chi connectivity index (χ1) is 8.83. The van der Waals surface area contributed by atoms with Gasteiger partial charge in [-0.25, -0.2) is 0 Å². The van der Waals surface area contributed by atoms with Crippen LogP contribution >= 0.6 is 0 Å². The van der Waals surface area contributed by atoms with E-state index in [9.17, 15) is 5.11 Å². The van der Waals surface area contributed by atoms with Crippen LogP contribution in [-0.4, -0.2) is 17.8 Å². The Balaban J connectivity index is 1.80. The predicted molar refractivity (Wildman–Crippen MR) is 74.0 cm³/mol. The molecule has 0 saturated carbocycles. The molecule has 2 heteroatoms. The smallest absolute Gasteiger partial charge is 0.123 e. The topological polar surface area (TPSA) is 29.5 Å². The lowest BCUT2D eigenvalue weighted by Gasteiger charge is -2.16. The van der Waals surface area contributed by atoms with Gasteiger partial charge in [0.25, 0.3) is 0 Å². The third kappa shape index (κ3) is 3.14. The normalized spacial score (nSPS) is 19.1. The number of rotatable bonds is 7. The molecule has 0 amide bonds. The number of unbranched alkanes of at least 4 members (excludes halogenated alkanes) is 3. The SMILES string of the molecule is C=CCCCCCC(O)C1COc2ccccc21. The minimum atomic E-state index is -0.280. The second-order valence-corrected chi connectivity index (χ2v) is 4.95. The lowest BCUT2D eigenvalue weighted by Crippen LogP contribution is -2.19. The molecule has 0 saturated heterocycles. The summed E-state index contributed by atoms with van der Waals surface area (Å²) in [6.45, 7) is 4.33. The highest BCUT2D eigenvalue weighted by Gasteiger charge is 2.29. The first-order valence-electron chi connectivity index (χ1n) is 6.83. The summed E-state index contributed by atoms with van der Waals surface area (Å²) in [4.78, 5) is 0. The number of benzene rings is 1. The number of hydrogen-bond acceptors (Lipinski definition) is 2. The van der Waals surface area contributed by atoms with Gasteiger partial charge in [-0.2, -0.15) is 0 Å². The molecule has 0 bridgehead atoms. The fraction of sp³-hybridized carbons (Fsp3) is 0.500. The molecule has 0 radical (unpaired) electrons. The molecular formula is C16H22O2. The molecule has 1 aliphatic rings. The Morgan fingerprint density at radius 2 is 2.17 bits per heavy atom. The number of ether oxygens (including phenoxy) is 1. The van der Waals surface area contributed by atoms with Crippen LogP contribution in [0.3, 0.4) is 0 Å². The molecule has 0 aliphatic carbocycles. The highest BCUT2D eigenvalue weighted by atomic mass is 16.5. The van der Waals surface area contributed by atoms with Crippen molar-refractivity contribution in [3.05, 3.63) is 42.5 Å². The van der Waals surface area contributed by atoms with Crippen molar-refractivity contribution in [2.24, 2.45) is 0 Å². The molecule has 18 heavy (non-hydrogen) atoms. The Hall–Kier alpha value is -1.28. The van der Waals surface area contributed by atoms with Crippen LogP contribution in [0, 0.1) is 0 Å². The molecule has 2 rings (SSSR count). The molecule has 2 unspecified atom stereocenters.